The zero-order valence-corrected chi connectivity index (χ0v) is 10.1. The molecule has 2 aromatic heterocycles. The summed E-state index contributed by atoms with van der Waals surface area (Å²) in [6, 6.07) is 9.07. The van der Waals surface area contributed by atoms with Crippen molar-refractivity contribution in [3.05, 3.63) is 52.5 Å². The van der Waals surface area contributed by atoms with Gasteiger partial charge in [0.05, 0.1) is 5.71 Å². The number of aromatic nitrogens is 1. The van der Waals surface area contributed by atoms with E-state index in [4.69, 9.17) is 0 Å². The molecule has 4 nitrogen and oxygen atoms in total. The predicted molar refractivity (Wildman–Crippen MR) is 68.2 cm³/mol. The van der Waals surface area contributed by atoms with Crippen molar-refractivity contribution in [3.8, 4) is 0 Å². The van der Waals surface area contributed by atoms with Crippen molar-refractivity contribution in [1.82, 2.24) is 10.4 Å². The maximum atomic E-state index is 11.6. The number of hydrazone groups is 1. The van der Waals surface area contributed by atoms with Gasteiger partial charge in [-0.2, -0.15) is 5.10 Å². The average molecular weight is 245 g/mol. The summed E-state index contributed by atoms with van der Waals surface area (Å²) in [5.41, 5.74) is 3.62. The number of nitrogens with zero attached hydrogens (tertiary/aromatic N) is 2. The molecule has 0 aliphatic heterocycles. The predicted octanol–water partition coefficient (Wildman–Crippen LogP) is 2.30. The highest BCUT2D eigenvalue weighted by Gasteiger charge is 2.05. The molecule has 0 saturated heterocycles. The number of carbonyl (C=O) groups is 1. The number of hydrogen-bond acceptors (Lipinski definition) is 4. The molecule has 0 unspecified atom stereocenters. The Hall–Kier alpha value is -2.01. The van der Waals surface area contributed by atoms with E-state index in [1.165, 1.54) is 0 Å². The third kappa shape index (κ3) is 2.98. The van der Waals surface area contributed by atoms with Crippen LogP contribution in [-0.2, 0) is 0 Å². The topological polar surface area (TPSA) is 54.4 Å². The Bertz CT molecular complexity index is 520. The zero-order chi connectivity index (χ0) is 12.1. The van der Waals surface area contributed by atoms with Crippen LogP contribution in [0, 0.1) is 0 Å². The molecule has 0 bridgehead atoms. The monoisotopic (exact) mass is 245 g/mol. The lowest BCUT2D eigenvalue weighted by atomic mass is 10.3. The van der Waals surface area contributed by atoms with E-state index < -0.39 is 0 Å². The molecule has 0 aliphatic rings. The molecule has 1 amide bonds. The molecule has 0 saturated carbocycles. The second kappa shape index (κ2) is 5.36. The number of pyridine rings is 1. The Kier molecular flexibility index (Phi) is 3.62. The van der Waals surface area contributed by atoms with E-state index in [9.17, 15) is 4.79 Å². The van der Waals surface area contributed by atoms with Crippen LogP contribution in [0.4, 0.5) is 0 Å². The van der Waals surface area contributed by atoms with Gasteiger partial charge in [0.1, 0.15) is 5.69 Å². The smallest absolute Gasteiger partial charge is 0.266 e. The largest absolute Gasteiger partial charge is 0.289 e. The summed E-state index contributed by atoms with van der Waals surface area (Å²) < 4.78 is 0. The van der Waals surface area contributed by atoms with Crippen molar-refractivity contribution >= 4 is 23.0 Å². The van der Waals surface area contributed by atoms with Gasteiger partial charge >= 0.3 is 0 Å². The minimum absolute atomic E-state index is 0.304. The van der Waals surface area contributed by atoms with E-state index in [1.54, 1.807) is 35.7 Å². The molecule has 17 heavy (non-hydrogen) atoms. The molecule has 5 heteroatoms. The summed E-state index contributed by atoms with van der Waals surface area (Å²) in [6.45, 7) is 1.85. The normalized spacial score (nSPS) is 11.2. The molecule has 2 heterocycles. The van der Waals surface area contributed by atoms with Gasteiger partial charge in [-0.1, -0.05) is 12.1 Å². The van der Waals surface area contributed by atoms with Crippen molar-refractivity contribution in [2.24, 2.45) is 5.10 Å². The molecular formula is C12H11N3OS. The third-order valence-corrected chi connectivity index (χ3v) is 3.08. The molecule has 2 aromatic rings. The maximum Gasteiger partial charge on any atom is 0.289 e. The van der Waals surface area contributed by atoms with Crippen LogP contribution in [0.5, 0.6) is 0 Å². The van der Waals surface area contributed by atoms with Gasteiger partial charge in [0, 0.05) is 11.1 Å². The maximum absolute atomic E-state index is 11.6. The number of amides is 1. The van der Waals surface area contributed by atoms with Crippen LogP contribution in [0.15, 0.2) is 47.0 Å². The first-order valence-electron chi connectivity index (χ1n) is 5.07. The minimum Gasteiger partial charge on any atom is -0.266 e. The van der Waals surface area contributed by atoms with Crippen molar-refractivity contribution in [2.45, 2.75) is 6.92 Å². The van der Waals surface area contributed by atoms with E-state index in [1.807, 2.05) is 24.4 Å². The van der Waals surface area contributed by atoms with E-state index in [2.05, 4.69) is 15.5 Å². The lowest BCUT2D eigenvalue weighted by Crippen LogP contribution is -2.20. The SMILES string of the molecule is CC(=NNC(=O)c1ccccn1)c1cccs1. The summed E-state index contributed by atoms with van der Waals surface area (Å²) in [5.74, 6) is -0.304. The summed E-state index contributed by atoms with van der Waals surface area (Å²) >= 11 is 1.58. The fraction of sp³-hybridized carbons (Fsp3) is 0.0833. The second-order valence-electron chi connectivity index (χ2n) is 3.33. The van der Waals surface area contributed by atoms with Gasteiger partial charge in [0.25, 0.3) is 5.91 Å². The van der Waals surface area contributed by atoms with Crippen LogP contribution in [0.2, 0.25) is 0 Å². The van der Waals surface area contributed by atoms with Crippen molar-refractivity contribution in [2.75, 3.05) is 0 Å². The van der Waals surface area contributed by atoms with Crippen LogP contribution >= 0.6 is 11.3 Å². The Morgan fingerprint density at radius 3 is 2.88 bits per heavy atom. The van der Waals surface area contributed by atoms with Gasteiger partial charge < -0.3 is 0 Å². The number of carbonyl (C=O) groups excluding carboxylic acids is 1. The summed E-state index contributed by atoms with van der Waals surface area (Å²) in [5, 5.41) is 6.00. The summed E-state index contributed by atoms with van der Waals surface area (Å²) in [6.07, 6.45) is 1.57. The number of nitrogens with one attached hydrogen (secondary N) is 1. The highest BCUT2D eigenvalue weighted by molar-refractivity contribution is 7.12. The molecule has 0 atom stereocenters. The van der Waals surface area contributed by atoms with Crippen LogP contribution in [0.3, 0.4) is 0 Å². The Labute approximate surface area is 103 Å². The lowest BCUT2D eigenvalue weighted by Gasteiger charge is -2.00. The highest BCUT2D eigenvalue weighted by atomic mass is 32.1. The molecule has 0 fully saturated rings. The molecule has 86 valence electrons. The van der Waals surface area contributed by atoms with Crippen molar-refractivity contribution < 1.29 is 4.79 Å². The van der Waals surface area contributed by atoms with Gasteiger partial charge in [-0.15, -0.1) is 11.3 Å². The summed E-state index contributed by atoms with van der Waals surface area (Å²) in [7, 11) is 0. The van der Waals surface area contributed by atoms with E-state index in [0.717, 1.165) is 10.6 Å². The number of hydrogen-bond donors (Lipinski definition) is 1. The molecule has 0 aromatic carbocycles. The Balaban J connectivity index is 2.04. The molecule has 0 aliphatic carbocycles. The van der Waals surface area contributed by atoms with Crippen LogP contribution in [0.1, 0.15) is 22.3 Å². The van der Waals surface area contributed by atoms with Gasteiger partial charge in [0.15, 0.2) is 0 Å². The van der Waals surface area contributed by atoms with E-state index in [0.29, 0.717) is 5.69 Å². The standard InChI is InChI=1S/C12H11N3OS/c1-9(11-6-4-8-17-11)14-15-12(16)10-5-2-3-7-13-10/h2-8H,1H3,(H,15,16). The average Bonchev–Trinajstić information content (AvgIpc) is 2.90. The van der Waals surface area contributed by atoms with Gasteiger partial charge in [-0.05, 0) is 30.5 Å². The fourth-order valence-electron chi connectivity index (χ4n) is 1.23. The van der Waals surface area contributed by atoms with Gasteiger partial charge in [-0.25, -0.2) is 5.43 Å². The first-order valence-corrected chi connectivity index (χ1v) is 5.95. The van der Waals surface area contributed by atoms with Crippen LogP contribution < -0.4 is 5.43 Å². The first kappa shape index (κ1) is 11.5. The molecule has 2 rings (SSSR count). The molecular weight excluding hydrogens is 234 g/mol. The molecule has 0 radical (unpaired) electrons. The van der Waals surface area contributed by atoms with Crippen LogP contribution in [-0.4, -0.2) is 16.6 Å². The first-order chi connectivity index (χ1) is 8.27. The number of thiophene rings is 1. The Morgan fingerprint density at radius 1 is 1.35 bits per heavy atom. The highest BCUT2D eigenvalue weighted by Crippen LogP contribution is 2.09. The number of rotatable bonds is 3. The second-order valence-corrected chi connectivity index (χ2v) is 4.28. The van der Waals surface area contributed by atoms with Gasteiger partial charge in [0.2, 0.25) is 0 Å². The summed E-state index contributed by atoms with van der Waals surface area (Å²) in [4.78, 5) is 16.6. The quantitative estimate of drug-likeness (QED) is 0.666. The zero-order valence-electron chi connectivity index (χ0n) is 9.25. The van der Waals surface area contributed by atoms with E-state index in [-0.39, 0.29) is 5.91 Å². The van der Waals surface area contributed by atoms with Crippen molar-refractivity contribution in [1.29, 1.82) is 0 Å². The third-order valence-electron chi connectivity index (χ3n) is 2.10. The molecule has 0 spiro atoms. The van der Waals surface area contributed by atoms with Crippen LogP contribution in [0.25, 0.3) is 0 Å². The minimum atomic E-state index is -0.304. The van der Waals surface area contributed by atoms with E-state index >= 15 is 0 Å². The molecule has 1 N–H and O–H groups in total. The fourth-order valence-corrected chi connectivity index (χ4v) is 1.91. The Morgan fingerprint density at radius 2 is 2.24 bits per heavy atom. The van der Waals surface area contributed by atoms with Crippen molar-refractivity contribution in [3.63, 3.8) is 0 Å². The van der Waals surface area contributed by atoms with Gasteiger partial charge in [-0.3, -0.25) is 9.78 Å². The lowest BCUT2D eigenvalue weighted by molar-refractivity contribution is 0.0950.